The van der Waals surface area contributed by atoms with Gasteiger partial charge in [0.2, 0.25) is 0 Å². The van der Waals surface area contributed by atoms with Crippen LogP contribution in [0.1, 0.15) is 72.6 Å². The van der Waals surface area contributed by atoms with Gasteiger partial charge in [0.1, 0.15) is 0 Å². The van der Waals surface area contributed by atoms with Gasteiger partial charge < -0.3 is 10.2 Å². The maximum Gasteiger partial charge on any atom is 0.0104 e. The van der Waals surface area contributed by atoms with Crippen LogP contribution in [0.3, 0.4) is 0 Å². The standard InChI is InChI=1S/C16H36N2/c1-6-7-8-9-10-11-12-14-18(5)15-13-17-16(2,3)4/h17H,6-15H2,1-5H3. The molecule has 0 aromatic rings. The zero-order chi connectivity index (χ0) is 13.9. The molecule has 2 heteroatoms. The fourth-order valence-electron chi connectivity index (χ4n) is 2.07. The molecule has 1 N–H and O–H groups in total. The minimum Gasteiger partial charge on any atom is -0.311 e. The van der Waals surface area contributed by atoms with E-state index in [1.165, 1.54) is 51.5 Å². The second-order valence-electron chi connectivity index (χ2n) is 6.60. The number of unbranched alkanes of at least 4 members (excludes halogenated alkanes) is 6. The van der Waals surface area contributed by atoms with Gasteiger partial charge in [-0.25, -0.2) is 0 Å². The number of hydrogen-bond donors (Lipinski definition) is 1. The van der Waals surface area contributed by atoms with E-state index >= 15 is 0 Å². The number of likely N-dealkylation sites (N-methyl/N-ethyl adjacent to an activating group) is 1. The van der Waals surface area contributed by atoms with Crippen molar-refractivity contribution in [3.8, 4) is 0 Å². The summed E-state index contributed by atoms with van der Waals surface area (Å²) < 4.78 is 0. The maximum absolute atomic E-state index is 3.54. The second kappa shape index (κ2) is 10.8. The van der Waals surface area contributed by atoms with Crippen LogP contribution in [-0.2, 0) is 0 Å². The molecule has 0 saturated heterocycles. The summed E-state index contributed by atoms with van der Waals surface area (Å²) in [7, 11) is 2.24. The van der Waals surface area contributed by atoms with Crippen LogP contribution in [-0.4, -0.2) is 37.1 Å². The van der Waals surface area contributed by atoms with Crippen molar-refractivity contribution in [1.29, 1.82) is 0 Å². The Morgan fingerprint density at radius 2 is 1.39 bits per heavy atom. The highest BCUT2D eigenvalue weighted by atomic mass is 15.1. The maximum atomic E-state index is 3.54. The van der Waals surface area contributed by atoms with Crippen molar-refractivity contribution >= 4 is 0 Å². The predicted octanol–water partition coefficient (Wildman–Crippen LogP) is 4.06. The summed E-state index contributed by atoms with van der Waals surface area (Å²) in [6.07, 6.45) is 9.82. The van der Waals surface area contributed by atoms with E-state index in [1.807, 2.05) is 0 Å². The third kappa shape index (κ3) is 14.0. The fourth-order valence-corrected chi connectivity index (χ4v) is 2.07. The van der Waals surface area contributed by atoms with E-state index in [4.69, 9.17) is 0 Å². The van der Waals surface area contributed by atoms with Gasteiger partial charge in [-0.2, -0.15) is 0 Å². The molecule has 0 spiro atoms. The summed E-state index contributed by atoms with van der Waals surface area (Å²) in [5.74, 6) is 0. The molecule has 0 atom stereocenters. The Hall–Kier alpha value is -0.0800. The van der Waals surface area contributed by atoms with Crippen molar-refractivity contribution < 1.29 is 0 Å². The lowest BCUT2D eigenvalue weighted by Crippen LogP contribution is -2.40. The van der Waals surface area contributed by atoms with E-state index in [1.54, 1.807) is 0 Å². The van der Waals surface area contributed by atoms with Gasteiger partial charge in [-0.15, -0.1) is 0 Å². The minimum atomic E-state index is 0.250. The van der Waals surface area contributed by atoms with Crippen molar-refractivity contribution in [2.75, 3.05) is 26.7 Å². The summed E-state index contributed by atoms with van der Waals surface area (Å²) >= 11 is 0. The molecule has 0 aliphatic carbocycles. The van der Waals surface area contributed by atoms with Gasteiger partial charge in [-0.3, -0.25) is 0 Å². The predicted molar refractivity (Wildman–Crippen MR) is 83.2 cm³/mol. The van der Waals surface area contributed by atoms with E-state index in [0.717, 1.165) is 13.1 Å². The lowest BCUT2D eigenvalue weighted by molar-refractivity contribution is 0.302. The molecular formula is C16H36N2. The van der Waals surface area contributed by atoms with Crippen molar-refractivity contribution in [3.05, 3.63) is 0 Å². The van der Waals surface area contributed by atoms with E-state index in [9.17, 15) is 0 Å². The Bertz CT molecular complexity index is 172. The molecule has 0 radical (unpaired) electrons. The Labute approximate surface area is 116 Å². The van der Waals surface area contributed by atoms with Gasteiger partial charge >= 0.3 is 0 Å². The molecule has 0 saturated carbocycles. The SMILES string of the molecule is CCCCCCCCCN(C)CCNC(C)(C)C. The third-order valence-electron chi connectivity index (χ3n) is 3.29. The number of nitrogens with zero attached hydrogens (tertiary/aromatic N) is 1. The highest BCUT2D eigenvalue weighted by molar-refractivity contribution is 4.70. The number of nitrogens with one attached hydrogen (secondary N) is 1. The number of hydrogen-bond acceptors (Lipinski definition) is 2. The molecule has 18 heavy (non-hydrogen) atoms. The largest absolute Gasteiger partial charge is 0.311 e. The Morgan fingerprint density at radius 3 is 1.94 bits per heavy atom. The van der Waals surface area contributed by atoms with Crippen LogP contribution in [0.25, 0.3) is 0 Å². The van der Waals surface area contributed by atoms with E-state index in [2.05, 4.69) is 45.0 Å². The average molecular weight is 256 g/mol. The minimum absolute atomic E-state index is 0.250. The zero-order valence-corrected chi connectivity index (χ0v) is 13.5. The first-order valence-electron chi connectivity index (χ1n) is 7.89. The first-order valence-corrected chi connectivity index (χ1v) is 7.89. The van der Waals surface area contributed by atoms with Crippen LogP contribution in [0.5, 0.6) is 0 Å². The van der Waals surface area contributed by atoms with Crippen LogP contribution < -0.4 is 5.32 Å². The second-order valence-corrected chi connectivity index (χ2v) is 6.60. The van der Waals surface area contributed by atoms with Crippen molar-refractivity contribution in [3.63, 3.8) is 0 Å². The lowest BCUT2D eigenvalue weighted by Gasteiger charge is -2.23. The topological polar surface area (TPSA) is 15.3 Å². The fraction of sp³-hybridized carbons (Fsp3) is 1.00. The summed E-state index contributed by atoms with van der Waals surface area (Å²) in [6.45, 7) is 12.5. The number of rotatable bonds is 11. The molecule has 0 aliphatic heterocycles. The van der Waals surface area contributed by atoms with Crippen molar-refractivity contribution in [2.24, 2.45) is 0 Å². The summed E-state index contributed by atoms with van der Waals surface area (Å²) in [5, 5.41) is 3.54. The molecule has 110 valence electrons. The Balaban J connectivity index is 3.24. The van der Waals surface area contributed by atoms with Gasteiger partial charge in [0.05, 0.1) is 0 Å². The van der Waals surface area contributed by atoms with Gasteiger partial charge in [-0.1, -0.05) is 45.4 Å². The first-order chi connectivity index (χ1) is 8.45. The molecule has 0 amide bonds. The molecule has 0 bridgehead atoms. The van der Waals surface area contributed by atoms with Crippen LogP contribution in [0.4, 0.5) is 0 Å². The van der Waals surface area contributed by atoms with Crippen molar-refractivity contribution in [2.45, 2.75) is 78.2 Å². The Morgan fingerprint density at radius 1 is 0.833 bits per heavy atom. The Kier molecular flexibility index (Phi) is 10.8. The normalized spacial score (nSPS) is 12.3. The van der Waals surface area contributed by atoms with Crippen LogP contribution in [0.2, 0.25) is 0 Å². The molecule has 0 aliphatic rings. The molecule has 2 nitrogen and oxygen atoms in total. The van der Waals surface area contributed by atoms with Gasteiger partial charge in [0, 0.05) is 18.6 Å². The summed E-state index contributed by atoms with van der Waals surface area (Å²) in [4.78, 5) is 2.45. The molecule has 0 aromatic heterocycles. The molecule has 0 rings (SSSR count). The van der Waals surface area contributed by atoms with Crippen LogP contribution in [0, 0.1) is 0 Å². The molecule has 0 heterocycles. The third-order valence-corrected chi connectivity index (χ3v) is 3.29. The molecule has 0 fully saturated rings. The summed E-state index contributed by atoms with van der Waals surface area (Å²) in [6, 6.07) is 0. The summed E-state index contributed by atoms with van der Waals surface area (Å²) in [5.41, 5.74) is 0.250. The average Bonchev–Trinajstić information content (AvgIpc) is 2.26. The van der Waals surface area contributed by atoms with E-state index < -0.39 is 0 Å². The zero-order valence-electron chi connectivity index (χ0n) is 13.5. The monoisotopic (exact) mass is 256 g/mol. The highest BCUT2D eigenvalue weighted by Gasteiger charge is 2.08. The van der Waals surface area contributed by atoms with Crippen LogP contribution in [0.15, 0.2) is 0 Å². The molecule has 0 unspecified atom stereocenters. The van der Waals surface area contributed by atoms with E-state index in [-0.39, 0.29) is 5.54 Å². The van der Waals surface area contributed by atoms with Gasteiger partial charge in [0.15, 0.2) is 0 Å². The quantitative estimate of drug-likeness (QED) is 0.561. The van der Waals surface area contributed by atoms with Gasteiger partial charge in [0.25, 0.3) is 0 Å². The highest BCUT2D eigenvalue weighted by Crippen LogP contribution is 2.07. The first kappa shape index (κ1) is 17.9. The molecule has 0 aromatic carbocycles. The van der Waals surface area contributed by atoms with Crippen LogP contribution >= 0.6 is 0 Å². The molecular weight excluding hydrogens is 220 g/mol. The van der Waals surface area contributed by atoms with Crippen molar-refractivity contribution in [1.82, 2.24) is 10.2 Å². The van der Waals surface area contributed by atoms with Gasteiger partial charge in [-0.05, 0) is 40.8 Å². The van der Waals surface area contributed by atoms with E-state index in [0.29, 0.717) is 0 Å². The smallest absolute Gasteiger partial charge is 0.0104 e. The lowest BCUT2D eigenvalue weighted by atomic mass is 10.1.